The second-order valence-corrected chi connectivity index (χ2v) is 6.23. The molecule has 1 aromatic carbocycles. The van der Waals surface area contributed by atoms with E-state index in [0.29, 0.717) is 13.1 Å². The minimum Gasteiger partial charge on any atom is -0.445 e. The van der Waals surface area contributed by atoms with Crippen LogP contribution in [0.1, 0.15) is 17.4 Å². The van der Waals surface area contributed by atoms with Gasteiger partial charge in [-0.15, -0.1) is 0 Å². The fourth-order valence-corrected chi connectivity index (χ4v) is 2.87. The van der Waals surface area contributed by atoms with Gasteiger partial charge in [-0.25, -0.2) is 9.78 Å². The molecule has 116 valence electrons. The first-order valence-electron chi connectivity index (χ1n) is 7.12. The average molecular weight is 412 g/mol. The van der Waals surface area contributed by atoms with Crippen molar-refractivity contribution in [3.05, 3.63) is 51.6 Å². The van der Waals surface area contributed by atoms with Crippen LogP contribution in [0.25, 0.3) is 0 Å². The molecule has 1 fully saturated rings. The maximum Gasteiger partial charge on any atom is 0.410 e. The molecule has 1 aliphatic heterocycles. The van der Waals surface area contributed by atoms with Crippen LogP contribution >= 0.6 is 22.6 Å². The number of piperazine rings is 1. The topological polar surface area (TPSA) is 70.2 Å². The predicted molar refractivity (Wildman–Crippen MR) is 90.2 cm³/mol. The molecule has 0 saturated carbocycles. The summed E-state index contributed by atoms with van der Waals surface area (Å²) < 4.78 is 6.40. The molecule has 2 heterocycles. The highest BCUT2D eigenvalue weighted by molar-refractivity contribution is 14.1. The van der Waals surface area contributed by atoms with Gasteiger partial charge in [0.15, 0.2) is 0 Å². The molecule has 7 heteroatoms. The molecule has 1 aliphatic rings. The Bertz CT molecular complexity index is 631. The molecule has 1 unspecified atom stereocenters. The lowest BCUT2D eigenvalue weighted by Gasteiger charge is -2.34. The number of rotatable bonds is 3. The molecule has 0 aliphatic carbocycles. The van der Waals surface area contributed by atoms with Crippen LogP contribution in [0.2, 0.25) is 0 Å². The molecule has 3 rings (SSSR count). The molecule has 1 saturated heterocycles. The zero-order valence-electron chi connectivity index (χ0n) is 12.0. The molecule has 1 atom stereocenters. The largest absolute Gasteiger partial charge is 0.445 e. The van der Waals surface area contributed by atoms with Crippen LogP contribution < -0.4 is 5.32 Å². The standard InChI is InChI=1S/C15H17IN4O2/c16-13-9-18-14(19-13)12-8-17-6-7-20(12)15(21)22-10-11-4-2-1-3-5-11/h1-5,9,12,17H,6-8,10H2,(H,18,19). The summed E-state index contributed by atoms with van der Waals surface area (Å²) in [4.78, 5) is 21.7. The predicted octanol–water partition coefficient (Wildman–Crippen LogP) is 2.30. The molecule has 0 bridgehead atoms. The van der Waals surface area contributed by atoms with Crippen LogP contribution in [0.5, 0.6) is 0 Å². The Morgan fingerprint density at radius 2 is 2.23 bits per heavy atom. The zero-order valence-corrected chi connectivity index (χ0v) is 14.1. The van der Waals surface area contributed by atoms with Crippen molar-refractivity contribution in [2.24, 2.45) is 0 Å². The fraction of sp³-hybridized carbons (Fsp3) is 0.333. The summed E-state index contributed by atoms with van der Waals surface area (Å²) in [5.74, 6) is 0.785. The van der Waals surface area contributed by atoms with Crippen molar-refractivity contribution >= 4 is 28.7 Å². The van der Waals surface area contributed by atoms with E-state index < -0.39 is 0 Å². The number of aromatic nitrogens is 2. The number of aromatic amines is 1. The van der Waals surface area contributed by atoms with Crippen LogP contribution in [-0.4, -0.2) is 40.6 Å². The van der Waals surface area contributed by atoms with Crippen LogP contribution in [0.3, 0.4) is 0 Å². The highest BCUT2D eigenvalue weighted by Crippen LogP contribution is 2.21. The smallest absolute Gasteiger partial charge is 0.410 e. The summed E-state index contributed by atoms with van der Waals surface area (Å²) >= 11 is 2.17. The van der Waals surface area contributed by atoms with E-state index in [1.54, 1.807) is 11.1 Å². The summed E-state index contributed by atoms with van der Waals surface area (Å²) in [6.07, 6.45) is 1.46. The van der Waals surface area contributed by atoms with E-state index in [-0.39, 0.29) is 18.7 Å². The van der Waals surface area contributed by atoms with Crippen LogP contribution in [0, 0.1) is 3.70 Å². The van der Waals surface area contributed by atoms with Crippen molar-refractivity contribution in [2.75, 3.05) is 19.6 Å². The Balaban J connectivity index is 1.66. The summed E-state index contributed by atoms with van der Waals surface area (Å²) in [6, 6.07) is 9.56. The minimum atomic E-state index is -0.304. The number of halogens is 1. The van der Waals surface area contributed by atoms with Gasteiger partial charge in [-0.2, -0.15) is 0 Å². The first kappa shape index (κ1) is 15.3. The van der Waals surface area contributed by atoms with Gasteiger partial charge in [0.1, 0.15) is 18.5 Å². The van der Waals surface area contributed by atoms with Gasteiger partial charge in [0.25, 0.3) is 0 Å². The SMILES string of the molecule is O=C(OCc1ccccc1)N1CCNCC1c1ncc(I)[nH]1. The van der Waals surface area contributed by atoms with E-state index in [1.165, 1.54) is 0 Å². The molecule has 2 aromatic rings. The van der Waals surface area contributed by atoms with Crippen molar-refractivity contribution in [1.82, 2.24) is 20.2 Å². The molecule has 1 amide bonds. The van der Waals surface area contributed by atoms with Gasteiger partial charge in [-0.1, -0.05) is 30.3 Å². The highest BCUT2D eigenvalue weighted by Gasteiger charge is 2.30. The molecule has 0 spiro atoms. The number of carbonyl (C=O) groups is 1. The fourth-order valence-electron chi connectivity index (χ4n) is 2.45. The molecule has 2 N–H and O–H groups in total. The highest BCUT2D eigenvalue weighted by atomic mass is 127. The van der Waals surface area contributed by atoms with E-state index >= 15 is 0 Å². The second kappa shape index (κ2) is 7.10. The van der Waals surface area contributed by atoms with E-state index in [9.17, 15) is 4.79 Å². The number of imidazole rings is 1. The van der Waals surface area contributed by atoms with Gasteiger partial charge in [-0.3, -0.25) is 4.90 Å². The lowest BCUT2D eigenvalue weighted by atomic mass is 10.2. The third-order valence-electron chi connectivity index (χ3n) is 3.56. The summed E-state index contributed by atoms with van der Waals surface area (Å²) in [5, 5.41) is 3.29. The van der Waals surface area contributed by atoms with Crippen molar-refractivity contribution < 1.29 is 9.53 Å². The summed E-state index contributed by atoms with van der Waals surface area (Å²) in [6.45, 7) is 2.32. The number of ether oxygens (including phenoxy) is 1. The number of H-pyrrole nitrogens is 1. The monoisotopic (exact) mass is 412 g/mol. The van der Waals surface area contributed by atoms with Crippen molar-refractivity contribution in [3.63, 3.8) is 0 Å². The van der Waals surface area contributed by atoms with Gasteiger partial charge in [-0.05, 0) is 28.2 Å². The lowest BCUT2D eigenvalue weighted by molar-refractivity contribution is 0.0703. The summed E-state index contributed by atoms with van der Waals surface area (Å²) in [7, 11) is 0. The quantitative estimate of drug-likeness (QED) is 0.760. The Morgan fingerprint density at radius 1 is 1.41 bits per heavy atom. The third-order valence-corrected chi connectivity index (χ3v) is 4.11. The molecular formula is C15H17IN4O2. The number of hydrogen-bond donors (Lipinski definition) is 2. The number of amides is 1. The number of benzene rings is 1. The first-order chi connectivity index (χ1) is 10.7. The Hall–Kier alpha value is -1.61. The molecule has 6 nitrogen and oxygen atoms in total. The van der Waals surface area contributed by atoms with Gasteiger partial charge in [0.05, 0.1) is 9.90 Å². The Labute approximate surface area is 142 Å². The zero-order chi connectivity index (χ0) is 15.4. The Morgan fingerprint density at radius 3 is 2.95 bits per heavy atom. The van der Waals surface area contributed by atoms with Crippen molar-refractivity contribution in [2.45, 2.75) is 12.6 Å². The van der Waals surface area contributed by atoms with E-state index in [2.05, 4.69) is 37.9 Å². The van der Waals surface area contributed by atoms with Gasteiger partial charge >= 0.3 is 6.09 Å². The number of nitrogens with zero attached hydrogens (tertiary/aromatic N) is 2. The lowest BCUT2D eigenvalue weighted by Crippen LogP contribution is -2.49. The normalized spacial score (nSPS) is 18.2. The van der Waals surface area contributed by atoms with Crippen molar-refractivity contribution in [3.8, 4) is 0 Å². The molecule has 22 heavy (non-hydrogen) atoms. The second-order valence-electron chi connectivity index (χ2n) is 5.07. The van der Waals surface area contributed by atoms with Gasteiger partial charge in [0, 0.05) is 19.6 Å². The van der Waals surface area contributed by atoms with Gasteiger partial charge < -0.3 is 15.0 Å². The van der Waals surface area contributed by atoms with E-state index in [0.717, 1.165) is 21.6 Å². The van der Waals surface area contributed by atoms with Crippen LogP contribution in [-0.2, 0) is 11.3 Å². The Kier molecular flexibility index (Phi) is 4.94. The maximum atomic E-state index is 12.4. The van der Waals surface area contributed by atoms with Crippen LogP contribution in [0.15, 0.2) is 36.5 Å². The maximum absolute atomic E-state index is 12.4. The van der Waals surface area contributed by atoms with Gasteiger partial charge in [0.2, 0.25) is 0 Å². The number of hydrogen-bond acceptors (Lipinski definition) is 4. The van der Waals surface area contributed by atoms with E-state index in [4.69, 9.17) is 4.74 Å². The minimum absolute atomic E-state index is 0.125. The van der Waals surface area contributed by atoms with Crippen LogP contribution in [0.4, 0.5) is 4.79 Å². The molecular weight excluding hydrogens is 395 g/mol. The third kappa shape index (κ3) is 3.58. The molecule has 0 radical (unpaired) electrons. The first-order valence-corrected chi connectivity index (χ1v) is 8.20. The number of carbonyl (C=O) groups excluding carboxylic acids is 1. The molecule has 1 aromatic heterocycles. The number of nitrogens with one attached hydrogen (secondary N) is 2. The van der Waals surface area contributed by atoms with E-state index in [1.807, 2.05) is 30.3 Å². The summed E-state index contributed by atoms with van der Waals surface area (Å²) in [5.41, 5.74) is 0.982. The van der Waals surface area contributed by atoms with Crippen molar-refractivity contribution in [1.29, 1.82) is 0 Å². The average Bonchev–Trinajstić information content (AvgIpc) is 3.00.